The van der Waals surface area contributed by atoms with Crippen molar-refractivity contribution >= 4 is 22.4 Å². The Labute approximate surface area is 187 Å². The highest BCUT2D eigenvalue weighted by Gasteiger charge is 2.38. The third kappa shape index (κ3) is 3.18. The van der Waals surface area contributed by atoms with Crippen LogP contribution < -0.4 is 10.1 Å². The van der Waals surface area contributed by atoms with Crippen molar-refractivity contribution in [2.24, 2.45) is 5.92 Å². The van der Waals surface area contributed by atoms with Gasteiger partial charge >= 0.3 is 5.97 Å². The lowest BCUT2D eigenvalue weighted by Crippen LogP contribution is -2.29. The fourth-order valence-electron chi connectivity index (χ4n) is 5.15. The number of ether oxygens (including phenoxy) is 1. The first kappa shape index (κ1) is 18.9. The lowest BCUT2D eigenvalue weighted by molar-refractivity contribution is 0.0734. The van der Waals surface area contributed by atoms with Crippen LogP contribution in [0.4, 0.5) is 5.69 Å². The van der Waals surface area contributed by atoms with Gasteiger partial charge in [0.15, 0.2) is 0 Å². The van der Waals surface area contributed by atoms with Crippen LogP contribution in [0.1, 0.15) is 39.9 Å². The van der Waals surface area contributed by atoms with Crippen molar-refractivity contribution in [1.29, 1.82) is 0 Å². The molecule has 3 heteroatoms. The predicted molar refractivity (Wildman–Crippen MR) is 128 cm³/mol. The molecule has 32 heavy (non-hydrogen) atoms. The Morgan fingerprint density at radius 3 is 2.47 bits per heavy atom. The van der Waals surface area contributed by atoms with E-state index in [4.69, 9.17) is 4.74 Å². The van der Waals surface area contributed by atoms with Gasteiger partial charge in [-0.3, -0.25) is 0 Å². The van der Waals surface area contributed by atoms with Gasteiger partial charge in [0.05, 0.1) is 11.6 Å². The van der Waals surface area contributed by atoms with Crippen molar-refractivity contribution < 1.29 is 9.53 Å². The fourth-order valence-corrected chi connectivity index (χ4v) is 5.15. The monoisotopic (exact) mass is 417 g/mol. The van der Waals surface area contributed by atoms with Crippen LogP contribution in [0.3, 0.4) is 0 Å². The van der Waals surface area contributed by atoms with Gasteiger partial charge in [-0.1, -0.05) is 78.9 Å². The molecule has 3 atom stereocenters. The molecule has 1 aliphatic heterocycles. The smallest absolute Gasteiger partial charge is 0.343 e. The van der Waals surface area contributed by atoms with Crippen LogP contribution in [0.25, 0.3) is 10.8 Å². The van der Waals surface area contributed by atoms with Crippen LogP contribution in [-0.4, -0.2) is 5.97 Å². The lowest BCUT2D eigenvalue weighted by atomic mass is 9.76. The number of carbonyl (C=O) groups excluding carboxylic acids is 1. The van der Waals surface area contributed by atoms with E-state index in [-0.39, 0.29) is 12.0 Å². The minimum Gasteiger partial charge on any atom is -0.423 e. The summed E-state index contributed by atoms with van der Waals surface area (Å²) < 4.78 is 5.57. The molecule has 0 aromatic heterocycles. The van der Waals surface area contributed by atoms with E-state index in [1.165, 1.54) is 27.6 Å². The van der Waals surface area contributed by atoms with Gasteiger partial charge in [0.2, 0.25) is 0 Å². The molecule has 1 aliphatic carbocycles. The summed E-state index contributed by atoms with van der Waals surface area (Å²) in [5.41, 5.74) is 4.38. The second kappa shape index (κ2) is 7.69. The quantitative estimate of drug-likeness (QED) is 0.224. The van der Waals surface area contributed by atoms with Crippen molar-refractivity contribution in [2.75, 3.05) is 5.32 Å². The van der Waals surface area contributed by atoms with Crippen LogP contribution in [0.15, 0.2) is 103 Å². The summed E-state index contributed by atoms with van der Waals surface area (Å²) in [6, 6.07) is 30.3. The lowest BCUT2D eigenvalue weighted by Gasteiger charge is -2.38. The van der Waals surface area contributed by atoms with Gasteiger partial charge in [0.1, 0.15) is 5.75 Å². The SMILES string of the molecule is O=C(Oc1ccc([C@@H]2Nc3c(ccc4ccccc34)[C@@H]3C=CC[C@@H]32)cc1)c1ccccc1. The minimum absolute atomic E-state index is 0.201. The second-order valence-corrected chi connectivity index (χ2v) is 8.55. The summed E-state index contributed by atoms with van der Waals surface area (Å²) in [7, 11) is 0. The second-order valence-electron chi connectivity index (χ2n) is 8.55. The molecule has 156 valence electrons. The number of carbonyl (C=O) groups is 1. The third-order valence-electron chi connectivity index (χ3n) is 6.72. The average molecular weight is 418 g/mol. The molecule has 4 aromatic carbocycles. The molecule has 0 amide bonds. The Morgan fingerprint density at radius 1 is 0.844 bits per heavy atom. The van der Waals surface area contributed by atoms with Gasteiger partial charge in [-0.05, 0) is 53.1 Å². The maximum atomic E-state index is 12.4. The highest BCUT2D eigenvalue weighted by molar-refractivity contribution is 5.96. The zero-order valence-electron chi connectivity index (χ0n) is 17.6. The molecule has 0 unspecified atom stereocenters. The molecular weight excluding hydrogens is 394 g/mol. The first-order valence-corrected chi connectivity index (χ1v) is 11.1. The summed E-state index contributed by atoms with van der Waals surface area (Å²) >= 11 is 0. The maximum Gasteiger partial charge on any atom is 0.343 e. The number of nitrogens with one attached hydrogen (secondary N) is 1. The van der Waals surface area contributed by atoms with E-state index in [9.17, 15) is 4.79 Å². The van der Waals surface area contributed by atoms with E-state index in [2.05, 4.69) is 66.0 Å². The Balaban J connectivity index is 1.31. The van der Waals surface area contributed by atoms with Crippen molar-refractivity contribution in [3.8, 4) is 5.75 Å². The number of hydrogen-bond donors (Lipinski definition) is 1. The van der Waals surface area contributed by atoms with E-state index in [1.807, 2.05) is 30.3 Å². The van der Waals surface area contributed by atoms with Crippen LogP contribution in [0.5, 0.6) is 5.75 Å². The molecule has 4 aromatic rings. The van der Waals surface area contributed by atoms with E-state index in [1.54, 1.807) is 12.1 Å². The zero-order valence-corrected chi connectivity index (χ0v) is 17.6. The first-order chi connectivity index (χ1) is 15.8. The Morgan fingerprint density at radius 2 is 1.62 bits per heavy atom. The summed E-state index contributed by atoms with van der Waals surface area (Å²) in [5.74, 6) is 1.11. The maximum absolute atomic E-state index is 12.4. The van der Waals surface area contributed by atoms with Crippen molar-refractivity contribution in [1.82, 2.24) is 0 Å². The average Bonchev–Trinajstić information content (AvgIpc) is 3.35. The highest BCUT2D eigenvalue weighted by atomic mass is 16.5. The molecule has 3 nitrogen and oxygen atoms in total. The van der Waals surface area contributed by atoms with Crippen LogP contribution >= 0.6 is 0 Å². The molecule has 1 heterocycles. The first-order valence-electron chi connectivity index (χ1n) is 11.1. The number of anilines is 1. The number of fused-ring (bicyclic) bond motifs is 5. The topological polar surface area (TPSA) is 38.3 Å². The third-order valence-corrected chi connectivity index (χ3v) is 6.72. The predicted octanol–water partition coefficient (Wildman–Crippen LogP) is 6.89. The minimum atomic E-state index is -0.338. The normalized spacial score (nSPS) is 20.9. The van der Waals surface area contributed by atoms with Gasteiger partial charge < -0.3 is 10.1 Å². The Bertz CT molecular complexity index is 1320. The van der Waals surface area contributed by atoms with E-state index < -0.39 is 0 Å². The van der Waals surface area contributed by atoms with Crippen molar-refractivity contribution in [3.05, 3.63) is 120 Å². The number of rotatable bonds is 3. The number of esters is 1. The van der Waals surface area contributed by atoms with Gasteiger partial charge in [-0.25, -0.2) is 4.79 Å². The van der Waals surface area contributed by atoms with Crippen LogP contribution in [0.2, 0.25) is 0 Å². The van der Waals surface area contributed by atoms with Crippen LogP contribution in [-0.2, 0) is 0 Å². The number of allylic oxidation sites excluding steroid dienone is 2. The Hall–Kier alpha value is -3.85. The summed E-state index contributed by atoms with van der Waals surface area (Å²) in [5, 5.41) is 6.38. The molecule has 6 rings (SSSR count). The molecule has 2 aliphatic rings. The molecule has 0 fully saturated rings. The molecule has 0 radical (unpaired) electrons. The van der Waals surface area contributed by atoms with Gasteiger partial charge in [0.25, 0.3) is 0 Å². The summed E-state index contributed by atoms with van der Waals surface area (Å²) in [4.78, 5) is 12.4. The summed E-state index contributed by atoms with van der Waals surface area (Å²) in [6.07, 6.45) is 5.73. The summed E-state index contributed by atoms with van der Waals surface area (Å²) in [6.45, 7) is 0. The van der Waals surface area contributed by atoms with E-state index >= 15 is 0 Å². The van der Waals surface area contributed by atoms with Gasteiger partial charge in [0, 0.05) is 17.0 Å². The number of benzene rings is 4. The van der Waals surface area contributed by atoms with E-state index in [0.717, 1.165) is 6.42 Å². The van der Waals surface area contributed by atoms with Gasteiger partial charge in [-0.2, -0.15) is 0 Å². The highest BCUT2D eigenvalue weighted by Crippen LogP contribution is 2.51. The standard InChI is InChI=1S/C29H23NO2/c31-29(21-8-2-1-3-9-21)32-22-16-13-20(14-17-22)27-25-12-6-11-24(25)26-18-15-19-7-4-5-10-23(19)28(26)30-27/h1-11,13-18,24-25,27,30H,12H2/t24-,25+,27+/m1/s1. The molecule has 0 saturated heterocycles. The largest absolute Gasteiger partial charge is 0.423 e. The fraction of sp³-hybridized carbons (Fsp3) is 0.138. The molecule has 0 saturated carbocycles. The van der Waals surface area contributed by atoms with Crippen LogP contribution in [0, 0.1) is 5.92 Å². The number of hydrogen-bond acceptors (Lipinski definition) is 3. The molecule has 1 N–H and O–H groups in total. The van der Waals surface area contributed by atoms with Gasteiger partial charge in [-0.15, -0.1) is 0 Å². The zero-order chi connectivity index (χ0) is 21.5. The molecular formula is C29H23NO2. The van der Waals surface area contributed by atoms with E-state index in [0.29, 0.717) is 23.1 Å². The molecule has 0 spiro atoms. The Kier molecular flexibility index (Phi) is 4.53. The van der Waals surface area contributed by atoms with Crippen molar-refractivity contribution in [3.63, 3.8) is 0 Å². The van der Waals surface area contributed by atoms with Crippen molar-refractivity contribution in [2.45, 2.75) is 18.4 Å². The molecule has 0 bridgehead atoms.